The van der Waals surface area contributed by atoms with Crippen LogP contribution >= 0.6 is 11.6 Å². The quantitative estimate of drug-likeness (QED) is 0.388. The number of esters is 1. The van der Waals surface area contributed by atoms with Gasteiger partial charge in [0.15, 0.2) is 0 Å². The molecule has 0 amide bonds. The minimum Gasteiger partial charge on any atom is -0.461 e. The Bertz CT molecular complexity index is 531. The van der Waals surface area contributed by atoms with E-state index in [1.54, 1.807) is 19.9 Å². The largest absolute Gasteiger partial charge is 0.461 e. The van der Waals surface area contributed by atoms with E-state index in [-0.39, 0.29) is 18.0 Å². The van der Waals surface area contributed by atoms with Crippen molar-refractivity contribution in [3.8, 4) is 0 Å². The zero-order valence-corrected chi connectivity index (χ0v) is 11.1. The van der Waals surface area contributed by atoms with E-state index in [9.17, 15) is 14.9 Å². The number of hydrogen-bond acceptors (Lipinski definition) is 6. The van der Waals surface area contributed by atoms with Gasteiger partial charge in [-0.2, -0.15) is 5.10 Å². The summed E-state index contributed by atoms with van der Waals surface area (Å²) in [5, 5.41) is 14.0. The third kappa shape index (κ3) is 4.22. The number of aryl methyl sites for hydroxylation is 1. The molecular weight excluding hydrogens is 274 g/mol. The molecule has 0 heterocycles. The smallest absolute Gasteiger partial charge is 0.370 e. The molecule has 102 valence electrons. The van der Waals surface area contributed by atoms with Crippen LogP contribution in [0.25, 0.3) is 0 Å². The zero-order chi connectivity index (χ0) is 14.4. The van der Waals surface area contributed by atoms with E-state index < -0.39 is 16.1 Å². The van der Waals surface area contributed by atoms with Gasteiger partial charge in [-0.15, -0.1) is 0 Å². The molecule has 0 bridgehead atoms. The molecule has 0 saturated carbocycles. The van der Waals surface area contributed by atoms with Crippen LogP contribution in [0.3, 0.4) is 0 Å². The van der Waals surface area contributed by atoms with Gasteiger partial charge >= 0.3 is 5.97 Å². The molecule has 0 saturated heterocycles. The summed E-state index contributed by atoms with van der Waals surface area (Å²) < 4.78 is 4.61. The summed E-state index contributed by atoms with van der Waals surface area (Å²) in [5.74, 6) is -0.800. The molecule has 0 aromatic heterocycles. The average Bonchev–Trinajstić information content (AvgIpc) is 2.36. The van der Waals surface area contributed by atoms with Crippen molar-refractivity contribution in [3.05, 3.63) is 33.9 Å². The molecule has 8 heteroatoms. The number of nitrogens with zero attached hydrogens (tertiary/aromatic N) is 2. The van der Waals surface area contributed by atoms with E-state index >= 15 is 0 Å². The number of anilines is 1. The Hall–Kier alpha value is -2.15. The highest BCUT2D eigenvalue weighted by Crippen LogP contribution is 2.25. The predicted octanol–water partition coefficient (Wildman–Crippen LogP) is 2.43. The maximum Gasteiger partial charge on any atom is 0.370 e. The summed E-state index contributed by atoms with van der Waals surface area (Å²) in [6, 6.07) is 4.53. The Balaban J connectivity index is 2.91. The molecule has 7 nitrogen and oxygen atoms in total. The summed E-state index contributed by atoms with van der Waals surface area (Å²) in [4.78, 5) is 21.5. The lowest BCUT2D eigenvalue weighted by Gasteiger charge is -2.04. The number of nitrogens with one attached hydrogen (secondary N) is 1. The van der Waals surface area contributed by atoms with Crippen LogP contribution in [0.1, 0.15) is 12.5 Å². The van der Waals surface area contributed by atoms with Gasteiger partial charge in [-0.05, 0) is 25.5 Å². The van der Waals surface area contributed by atoms with E-state index in [1.165, 1.54) is 12.1 Å². The van der Waals surface area contributed by atoms with Gasteiger partial charge in [0.05, 0.1) is 11.5 Å². The number of halogens is 1. The van der Waals surface area contributed by atoms with Crippen molar-refractivity contribution in [1.82, 2.24) is 0 Å². The van der Waals surface area contributed by atoms with Gasteiger partial charge in [-0.3, -0.25) is 15.5 Å². The topological polar surface area (TPSA) is 93.8 Å². The summed E-state index contributed by atoms with van der Waals surface area (Å²) in [5.41, 5.74) is 3.09. The van der Waals surface area contributed by atoms with E-state index in [0.29, 0.717) is 0 Å². The fraction of sp³-hybridized carbons (Fsp3) is 0.273. The van der Waals surface area contributed by atoms with Crippen molar-refractivity contribution in [1.29, 1.82) is 0 Å². The lowest BCUT2D eigenvalue weighted by molar-refractivity contribution is -0.384. The molecule has 0 radical (unpaired) electrons. The Morgan fingerprint density at radius 2 is 2.26 bits per heavy atom. The molecule has 1 N–H and O–H groups in total. The summed E-state index contributed by atoms with van der Waals surface area (Å²) >= 11 is 5.57. The van der Waals surface area contributed by atoms with Gasteiger partial charge in [0.25, 0.3) is 5.69 Å². The molecule has 0 spiro atoms. The van der Waals surface area contributed by atoms with Crippen LogP contribution in [0.5, 0.6) is 0 Å². The van der Waals surface area contributed by atoms with Gasteiger partial charge in [0.2, 0.25) is 5.17 Å². The lowest BCUT2D eigenvalue weighted by Crippen LogP contribution is -2.13. The first-order valence-electron chi connectivity index (χ1n) is 5.37. The molecule has 1 aromatic carbocycles. The van der Waals surface area contributed by atoms with Crippen molar-refractivity contribution in [2.45, 2.75) is 13.8 Å². The number of carbonyl (C=O) groups excluding carboxylic acids is 1. The average molecular weight is 286 g/mol. The summed E-state index contributed by atoms with van der Waals surface area (Å²) in [7, 11) is 0. The van der Waals surface area contributed by atoms with E-state index in [4.69, 9.17) is 11.6 Å². The van der Waals surface area contributed by atoms with Crippen LogP contribution in [-0.2, 0) is 9.53 Å². The number of nitro benzene ring substituents is 1. The van der Waals surface area contributed by atoms with Gasteiger partial charge in [-0.1, -0.05) is 17.7 Å². The van der Waals surface area contributed by atoms with E-state index in [1.807, 2.05) is 0 Å². The second kappa shape index (κ2) is 6.69. The predicted molar refractivity (Wildman–Crippen MR) is 71.4 cm³/mol. The summed E-state index contributed by atoms with van der Waals surface area (Å²) in [6.45, 7) is 3.52. The molecule has 1 aromatic rings. The monoisotopic (exact) mass is 285 g/mol. The number of rotatable bonds is 5. The normalized spacial score (nSPS) is 11.0. The Morgan fingerprint density at radius 1 is 1.58 bits per heavy atom. The lowest BCUT2D eigenvalue weighted by atomic mass is 10.2. The van der Waals surface area contributed by atoms with E-state index in [0.717, 1.165) is 5.56 Å². The highest BCUT2D eigenvalue weighted by Gasteiger charge is 2.14. The SMILES string of the molecule is CCOC(=O)C(Cl)=NNc1ccc(C)cc1[N+](=O)[O-]. The summed E-state index contributed by atoms with van der Waals surface area (Å²) in [6.07, 6.45) is 0. The third-order valence-corrected chi connectivity index (χ3v) is 2.31. The number of nitro groups is 1. The Kier molecular flexibility index (Phi) is 5.25. The fourth-order valence-electron chi connectivity index (χ4n) is 1.23. The second-order valence-electron chi connectivity index (χ2n) is 3.51. The minimum absolute atomic E-state index is 0.137. The van der Waals surface area contributed by atoms with Crippen molar-refractivity contribution in [3.63, 3.8) is 0 Å². The number of ether oxygens (including phenoxy) is 1. The van der Waals surface area contributed by atoms with E-state index in [2.05, 4.69) is 15.3 Å². The highest BCUT2D eigenvalue weighted by molar-refractivity contribution is 6.82. The molecule has 0 aliphatic heterocycles. The van der Waals surface area contributed by atoms with Gasteiger partial charge < -0.3 is 4.74 Å². The van der Waals surface area contributed by atoms with Crippen LogP contribution < -0.4 is 5.43 Å². The van der Waals surface area contributed by atoms with Crippen LogP contribution in [0, 0.1) is 17.0 Å². The third-order valence-electron chi connectivity index (χ3n) is 2.07. The Labute approximate surface area is 114 Å². The van der Waals surface area contributed by atoms with Crippen LogP contribution in [-0.4, -0.2) is 22.7 Å². The standard InChI is InChI=1S/C11H12ClN3O4/c1-3-19-11(16)10(12)14-13-8-5-4-7(2)6-9(8)15(17)18/h4-6,13H,3H2,1-2H3. The minimum atomic E-state index is -0.800. The molecule has 1 rings (SSSR count). The van der Waals surface area contributed by atoms with Crippen molar-refractivity contribution >= 4 is 34.1 Å². The van der Waals surface area contributed by atoms with Gasteiger partial charge in [0.1, 0.15) is 5.69 Å². The molecule has 0 aliphatic carbocycles. The number of benzene rings is 1. The van der Waals surface area contributed by atoms with Crippen molar-refractivity contribution in [2.24, 2.45) is 5.10 Å². The molecule has 0 aliphatic rings. The van der Waals surface area contributed by atoms with Gasteiger partial charge in [0, 0.05) is 6.07 Å². The van der Waals surface area contributed by atoms with Crippen LogP contribution in [0.15, 0.2) is 23.3 Å². The molecular formula is C11H12ClN3O4. The van der Waals surface area contributed by atoms with Crippen LogP contribution in [0.4, 0.5) is 11.4 Å². The highest BCUT2D eigenvalue weighted by atomic mass is 35.5. The first-order chi connectivity index (χ1) is 8.95. The van der Waals surface area contributed by atoms with Crippen molar-refractivity contribution in [2.75, 3.05) is 12.0 Å². The number of hydrazone groups is 1. The molecule has 19 heavy (non-hydrogen) atoms. The first-order valence-corrected chi connectivity index (χ1v) is 5.74. The van der Waals surface area contributed by atoms with Crippen LogP contribution in [0.2, 0.25) is 0 Å². The Morgan fingerprint density at radius 3 is 2.84 bits per heavy atom. The van der Waals surface area contributed by atoms with Gasteiger partial charge in [-0.25, -0.2) is 4.79 Å². The zero-order valence-electron chi connectivity index (χ0n) is 10.3. The number of carbonyl (C=O) groups is 1. The second-order valence-corrected chi connectivity index (χ2v) is 3.87. The fourth-order valence-corrected chi connectivity index (χ4v) is 1.33. The number of hydrogen-bond donors (Lipinski definition) is 1. The first kappa shape index (κ1) is 14.9. The maximum absolute atomic E-state index is 11.2. The molecule has 0 fully saturated rings. The molecule has 0 unspecified atom stereocenters. The maximum atomic E-state index is 11.2. The van der Waals surface area contributed by atoms with Crippen molar-refractivity contribution < 1.29 is 14.5 Å². The molecule has 0 atom stereocenters.